The van der Waals surface area contributed by atoms with Gasteiger partial charge in [0, 0.05) is 25.1 Å². The molecule has 0 atom stereocenters. The maximum Gasteiger partial charge on any atom is 0.254 e. The van der Waals surface area contributed by atoms with Crippen LogP contribution in [0.2, 0.25) is 5.02 Å². The number of amides is 1. The molecule has 2 aromatic carbocycles. The Balaban J connectivity index is 1.86. The van der Waals surface area contributed by atoms with Crippen LogP contribution in [0.3, 0.4) is 0 Å². The second-order valence-corrected chi connectivity index (χ2v) is 6.53. The summed E-state index contributed by atoms with van der Waals surface area (Å²) < 4.78 is 11.3. The second-order valence-electron chi connectivity index (χ2n) is 6.12. The predicted octanol–water partition coefficient (Wildman–Crippen LogP) is 4.20. The number of hydrogen-bond donors (Lipinski definition) is 0. The molecule has 27 heavy (non-hydrogen) atoms. The molecule has 2 aromatic rings. The van der Waals surface area contributed by atoms with Gasteiger partial charge in [-0.15, -0.1) is 6.58 Å². The largest absolute Gasteiger partial charge is 0.489 e. The van der Waals surface area contributed by atoms with Crippen LogP contribution in [0.1, 0.15) is 27.9 Å². The minimum atomic E-state index is -0.184. The van der Waals surface area contributed by atoms with E-state index >= 15 is 0 Å². The van der Waals surface area contributed by atoms with Crippen LogP contribution < -0.4 is 9.47 Å². The fourth-order valence-electron chi connectivity index (χ4n) is 2.82. The fourth-order valence-corrected chi connectivity index (χ4v) is 3.08. The lowest BCUT2D eigenvalue weighted by atomic mass is 10.1. The molecule has 5 nitrogen and oxygen atoms in total. The Bertz CT molecular complexity index is 888. The van der Waals surface area contributed by atoms with Crippen LogP contribution in [-0.2, 0) is 6.54 Å². The third-order valence-corrected chi connectivity index (χ3v) is 4.42. The van der Waals surface area contributed by atoms with E-state index in [0.29, 0.717) is 54.0 Å². The molecule has 0 aliphatic carbocycles. The van der Waals surface area contributed by atoms with Gasteiger partial charge in [0.2, 0.25) is 0 Å². The summed E-state index contributed by atoms with van der Waals surface area (Å²) in [7, 11) is 0. The first-order chi connectivity index (χ1) is 13.1. The molecule has 1 amide bonds. The molecule has 138 valence electrons. The highest BCUT2D eigenvalue weighted by Crippen LogP contribution is 2.38. The van der Waals surface area contributed by atoms with Gasteiger partial charge >= 0.3 is 0 Å². The summed E-state index contributed by atoms with van der Waals surface area (Å²) in [5, 5.41) is 9.27. The number of ether oxygens (including phenoxy) is 2. The zero-order valence-electron chi connectivity index (χ0n) is 14.8. The lowest BCUT2D eigenvalue weighted by Crippen LogP contribution is -2.30. The molecule has 1 heterocycles. The Kier molecular flexibility index (Phi) is 6.00. The Morgan fingerprint density at radius 1 is 1.26 bits per heavy atom. The van der Waals surface area contributed by atoms with E-state index in [1.807, 2.05) is 12.1 Å². The van der Waals surface area contributed by atoms with Crippen molar-refractivity contribution in [2.45, 2.75) is 13.0 Å². The van der Waals surface area contributed by atoms with Crippen molar-refractivity contribution in [2.75, 3.05) is 19.8 Å². The Labute approximate surface area is 163 Å². The van der Waals surface area contributed by atoms with Crippen molar-refractivity contribution in [3.05, 3.63) is 70.8 Å². The summed E-state index contributed by atoms with van der Waals surface area (Å²) in [6.45, 7) is 5.55. The lowest BCUT2D eigenvalue weighted by molar-refractivity contribution is 0.0762. The predicted molar refractivity (Wildman–Crippen MR) is 103 cm³/mol. The maximum atomic E-state index is 13.1. The molecule has 0 saturated carbocycles. The van der Waals surface area contributed by atoms with Gasteiger partial charge in [-0.3, -0.25) is 4.79 Å². The van der Waals surface area contributed by atoms with Crippen LogP contribution in [0.5, 0.6) is 11.5 Å². The van der Waals surface area contributed by atoms with Crippen molar-refractivity contribution in [1.82, 2.24) is 4.90 Å². The van der Waals surface area contributed by atoms with Crippen LogP contribution >= 0.6 is 11.6 Å². The van der Waals surface area contributed by atoms with E-state index in [1.165, 1.54) is 0 Å². The number of halogens is 1. The number of carbonyl (C=O) groups excluding carboxylic acids is 1. The summed E-state index contributed by atoms with van der Waals surface area (Å²) in [6, 6.07) is 12.5. The molecular weight excluding hydrogens is 364 g/mol. The van der Waals surface area contributed by atoms with Crippen molar-refractivity contribution in [1.29, 1.82) is 5.26 Å². The molecule has 1 aliphatic heterocycles. The zero-order valence-corrected chi connectivity index (χ0v) is 15.5. The standard InChI is InChI=1S/C21H19ClN2O3/c1-2-8-24(14-16-6-4-15(13-23)5-7-16)21(25)17-11-18(22)20-19(12-17)26-9-3-10-27-20/h2,4-7,11-12H,1,3,8-10,14H2. The van der Waals surface area contributed by atoms with Crippen LogP contribution in [-0.4, -0.2) is 30.6 Å². The first-order valence-corrected chi connectivity index (χ1v) is 8.98. The summed E-state index contributed by atoms with van der Waals surface area (Å²) in [5.74, 6) is 0.783. The molecule has 0 radical (unpaired) electrons. The van der Waals surface area contributed by atoms with Crippen LogP contribution in [0.15, 0.2) is 49.1 Å². The summed E-state index contributed by atoms with van der Waals surface area (Å²) in [5.41, 5.74) is 1.93. The van der Waals surface area contributed by atoms with Crippen molar-refractivity contribution >= 4 is 17.5 Å². The molecule has 0 unspecified atom stereocenters. The smallest absolute Gasteiger partial charge is 0.254 e. The minimum absolute atomic E-state index is 0.184. The number of hydrogen-bond acceptors (Lipinski definition) is 4. The highest BCUT2D eigenvalue weighted by molar-refractivity contribution is 6.32. The van der Waals surface area contributed by atoms with Crippen molar-refractivity contribution in [3.8, 4) is 17.6 Å². The first kappa shape index (κ1) is 18.8. The highest BCUT2D eigenvalue weighted by atomic mass is 35.5. The second kappa shape index (κ2) is 8.61. The third-order valence-electron chi connectivity index (χ3n) is 4.14. The molecule has 0 N–H and O–H groups in total. The molecule has 0 saturated heterocycles. The number of benzene rings is 2. The normalized spacial score (nSPS) is 12.6. The van der Waals surface area contributed by atoms with Gasteiger partial charge in [-0.1, -0.05) is 29.8 Å². The van der Waals surface area contributed by atoms with E-state index in [0.717, 1.165) is 12.0 Å². The highest BCUT2D eigenvalue weighted by Gasteiger charge is 2.21. The summed E-state index contributed by atoms with van der Waals surface area (Å²) in [4.78, 5) is 14.7. The van der Waals surface area contributed by atoms with Crippen molar-refractivity contribution < 1.29 is 14.3 Å². The maximum absolute atomic E-state index is 13.1. The number of rotatable bonds is 5. The van der Waals surface area contributed by atoms with Crippen molar-refractivity contribution in [3.63, 3.8) is 0 Å². The average molecular weight is 383 g/mol. The number of nitrogens with zero attached hydrogens (tertiary/aromatic N) is 2. The van der Waals surface area contributed by atoms with Gasteiger partial charge in [0.05, 0.1) is 29.9 Å². The fraction of sp³-hybridized carbons (Fsp3) is 0.238. The third kappa shape index (κ3) is 4.42. The van der Waals surface area contributed by atoms with E-state index in [1.54, 1.807) is 35.2 Å². The molecule has 0 aromatic heterocycles. The number of carbonyl (C=O) groups is 1. The molecule has 0 fully saturated rings. The summed E-state index contributed by atoms with van der Waals surface area (Å²) in [6.07, 6.45) is 2.43. The van der Waals surface area contributed by atoms with Crippen LogP contribution in [0.25, 0.3) is 0 Å². The first-order valence-electron chi connectivity index (χ1n) is 8.60. The Hall–Kier alpha value is -2.97. The van der Waals surface area contributed by atoms with E-state index in [2.05, 4.69) is 12.6 Å². The molecular formula is C21H19ClN2O3. The van der Waals surface area contributed by atoms with E-state index < -0.39 is 0 Å². The summed E-state index contributed by atoms with van der Waals surface area (Å²) >= 11 is 6.31. The lowest BCUT2D eigenvalue weighted by Gasteiger charge is -2.22. The topological polar surface area (TPSA) is 62.6 Å². The van der Waals surface area contributed by atoms with Crippen LogP contribution in [0.4, 0.5) is 0 Å². The monoisotopic (exact) mass is 382 g/mol. The van der Waals surface area contributed by atoms with E-state index in [-0.39, 0.29) is 5.91 Å². The van der Waals surface area contributed by atoms with Crippen molar-refractivity contribution in [2.24, 2.45) is 0 Å². The molecule has 3 rings (SSSR count). The average Bonchev–Trinajstić information content (AvgIpc) is 2.93. The van der Waals surface area contributed by atoms with Gasteiger partial charge in [0.1, 0.15) is 0 Å². The number of fused-ring (bicyclic) bond motifs is 1. The van der Waals surface area contributed by atoms with Gasteiger partial charge in [0.15, 0.2) is 11.5 Å². The van der Waals surface area contributed by atoms with Gasteiger partial charge in [-0.2, -0.15) is 5.26 Å². The molecule has 0 spiro atoms. The van der Waals surface area contributed by atoms with E-state index in [9.17, 15) is 4.79 Å². The van der Waals surface area contributed by atoms with Gasteiger partial charge < -0.3 is 14.4 Å². The Morgan fingerprint density at radius 2 is 2.00 bits per heavy atom. The quantitative estimate of drug-likeness (QED) is 0.727. The number of nitriles is 1. The minimum Gasteiger partial charge on any atom is -0.489 e. The molecule has 6 heteroatoms. The van der Waals surface area contributed by atoms with Crippen LogP contribution in [0, 0.1) is 11.3 Å². The SMILES string of the molecule is C=CCN(Cc1ccc(C#N)cc1)C(=O)c1cc(Cl)c2c(c1)OCCCO2. The van der Waals surface area contributed by atoms with Gasteiger partial charge in [0.25, 0.3) is 5.91 Å². The Morgan fingerprint density at radius 3 is 2.70 bits per heavy atom. The molecule has 1 aliphatic rings. The van der Waals surface area contributed by atoms with Gasteiger partial charge in [-0.25, -0.2) is 0 Å². The molecule has 0 bridgehead atoms. The van der Waals surface area contributed by atoms with E-state index in [4.69, 9.17) is 26.3 Å². The zero-order chi connectivity index (χ0) is 19.2. The van der Waals surface area contributed by atoms with Gasteiger partial charge in [-0.05, 0) is 29.8 Å².